The average molecular weight is 736 g/mol. The van der Waals surface area contributed by atoms with Crippen LogP contribution in [0.15, 0.2) is 42.6 Å². The summed E-state index contributed by atoms with van der Waals surface area (Å²) in [7, 11) is 0. The second kappa shape index (κ2) is 16.0. The highest BCUT2D eigenvalue weighted by Crippen LogP contribution is 2.31. The first-order valence-electron chi connectivity index (χ1n) is 15.8. The maximum atomic E-state index is 14.1. The standard InChI is InChI=1S/C35H44Cl2N4O9/c1-33(2,3)47-29(43)19-39(13-12-38-21-42)31(45)27-18-40(32(46)49-35(7,8)9)28-17-24(10-11-26(27)28)41(20-30(44)48-34(4,5)6)50-25-15-22(36)14-23(37)16-25/h10-11,14-18,21H,12-13,19-20H2,1-9H3,(H,38,42). The molecule has 0 aliphatic rings. The first-order valence-corrected chi connectivity index (χ1v) is 16.5. The van der Waals surface area contributed by atoms with Crippen LogP contribution >= 0.6 is 23.2 Å². The molecule has 0 radical (unpaired) electrons. The molecule has 1 N–H and O–H groups in total. The fourth-order valence-corrected chi connectivity index (χ4v) is 5.10. The summed E-state index contributed by atoms with van der Waals surface area (Å²) in [6.45, 7) is 14.6. The van der Waals surface area contributed by atoms with Crippen LogP contribution in [0.2, 0.25) is 10.0 Å². The van der Waals surface area contributed by atoms with Crippen molar-refractivity contribution >= 4 is 70.1 Å². The van der Waals surface area contributed by atoms with Gasteiger partial charge in [0, 0.05) is 46.9 Å². The zero-order chi connectivity index (χ0) is 37.6. The molecule has 13 nitrogen and oxygen atoms in total. The maximum absolute atomic E-state index is 14.1. The topological polar surface area (TPSA) is 146 Å². The van der Waals surface area contributed by atoms with Gasteiger partial charge in [0.25, 0.3) is 5.91 Å². The Balaban J connectivity index is 2.18. The lowest BCUT2D eigenvalue weighted by molar-refractivity contribution is -0.156. The van der Waals surface area contributed by atoms with E-state index in [4.69, 9.17) is 42.3 Å². The number of ether oxygens (including phenoxy) is 3. The number of carbonyl (C=O) groups excluding carboxylic acids is 5. The van der Waals surface area contributed by atoms with Gasteiger partial charge in [-0.2, -0.15) is 5.06 Å². The van der Waals surface area contributed by atoms with Crippen molar-refractivity contribution < 1.29 is 43.0 Å². The quantitative estimate of drug-likeness (QED) is 0.0729. The third-order valence-corrected chi connectivity index (χ3v) is 6.72. The van der Waals surface area contributed by atoms with Gasteiger partial charge in [0.05, 0.1) is 16.8 Å². The van der Waals surface area contributed by atoms with Crippen molar-refractivity contribution in [3.63, 3.8) is 0 Å². The Labute approximate surface area is 301 Å². The minimum absolute atomic E-state index is 0.0340. The average Bonchev–Trinajstić information content (AvgIpc) is 3.32. The van der Waals surface area contributed by atoms with Gasteiger partial charge < -0.3 is 29.3 Å². The summed E-state index contributed by atoms with van der Waals surface area (Å²) in [6.07, 6.45) is 1.01. The van der Waals surface area contributed by atoms with E-state index < -0.39 is 47.3 Å². The highest BCUT2D eigenvalue weighted by atomic mass is 35.5. The van der Waals surface area contributed by atoms with Gasteiger partial charge in [-0.15, -0.1) is 0 Å². The van der Waals surface area contributed by atoms with E-state index in [1.54, 1.807) is 80.5 Å². The van der Waals surface area contributed by atoms with Crippen LogP contribution in [0.3, 0.4) is 0 Å². The molecule has 2 aromatic carbocycles. The Morgan fingerprint density at radius 2 is 1.36 bits per heavy atom. The van der Waals surface area contributed by atoms with Gasteiger partial charge in [0.1, 0.15) is 23.3 Å². The molecule has 0 aliphatic carbocycles. The van der Waals surface area contributed by atoms with Crippen molar-refractivity contribution in [2.45, 2.75) is 79.1 Å². The summed E-state index contributed by atoms with van der Waals surface area (Å²) in [5, 5.41) is 4.64. The van der Waals surface area contributed by atoms with Crippen molar-refractivity contribution in [2.75, 3.05) is 31.2 Å². The van der Waals surface area contributed by atoms with Gasteiger partial charge in [-0.1, -0.05) is 23.2 Å². The van der Waals surface area contributed by atoms with Gasteiger partial charge in [0.2, 0.25) is 6.41 Å². The summed E-state index contributed by atoms with van der Waals surface area (Å²) >= 11 is 12.4. The number of anilines is 1. The lowest BCUT2D eigenvalue weighted by Crippen LogP contribution is -2.42. The molecule has 0 aliphatic heterocycles. The van der Waals surface area contributed by atoms with Crippen LogP contribution in [0.4, 0.5) is 10.5 Å². The third-order valence-electron chi connectivity index (χ3n) is 6.28. The van der Waals surface area contributed by atoms with Crippen LogP contribution in [0.25, 0.3) is 10.9 Å². The van der Waals surface area contributed by atoms with Crippen molar-refractivity contribution in [1.82, 2.24) is 14.8 Å². The van der Waals surface area contributed by atoms with Crippen molar-refractivity contribution in [3.8, 4) is 5.75 Å². The zero-order valence-corrected chi connectivity index (χ0v) is 31.2. The number of amides is 2. The monoisotopic (exact) mass is 734 g/mol. The van der Waals surface area contributed by atoms with Crippen LogP contribution in [0, 0.1) is 0 Å². The highest BCUT2D eigenvalue weighted by molar-refractivity contribution is 6.34. The normalized spacial score (nSPS) is 11.8. The number of rotatable bonds is 12. The Bertz CT molecular complexity index is 1720. The molecule has 1 aromatic heterocycles. The second-order valence-corrected chi connectivity index (χ2v) is 15.2. The number of benzene rings is 2. The van der Waals surface area contributed by atoms with Crippen LogP contribution in [0.1, 0.15) is 72.7 Å². The van der Waals surface area contributed by atoms with Crippen molar-refractivity contribution in [1.29, 1.82) is 0 Å². The number of nitrogens with one attached hydrogen (secondary N) is 1. The predicted octanol–water partition coefficient (Wildman–Crippen LogP) is 6.40. The van der Waals surface area contributed by atoms with E-state index in [1.807, 2.05) is 0 Å². The molecule has 3 aromatic rings. The highest BCUT2D eigenvalue weighted by Gasteiger charge is 2.29. The van der Waals surface area contributed by atoms with E-state index in [-0.39, 0.29) is 36.5 Å². The number of hydroxylamine groups is 1. The smallest absolute Gasteiger partial charge is 0.419 e. The summed E-state index contributed by atoms with van der Waals surface area (Å²) in [6, 6.07) is 9.23. The van der Waals surface area contributed by atoms with Crippen LogP contribution in [0.5, 0.6) is 5.75 Å². The summed E-state index contributed by atoms with van der Waals surface area (Å²) in [4.78, 5) is 71.7. The molecule has 0 bridgehead atoms. The van der Waals surface area contributed by atoms with Gasteiger partial charge in [-0.05, 0) is 86.6 Å². The molecule has 0 saturated heterocycles. The van der Waals surface area contributed by atoms with Gasteiger partial charge in [-0.25, -0.2) is 9.59 Å². The van der Waals surface area contributed by atoms with Gasteiger partial charge in [0.15, 0.2) is 12.3 Å². The summed E-state index contributed by atoms with van der Waals surface area (Å²) in [5.74, 6) is -1.68. The lowest BCUT2D eigenvalue weighted by Gasteiger charge is -2.26. The van der Waals surface area contributed by atoms with Gasteiger partial charge in [-0.3, -0.25) is 19.0 Å². The Morgan fingerprint density at radius 3 is 1.90 bits per heavy atom. The molecular formula is C35H44Cl2N4O9. The second-order valence-electron chi connectivity index (χ2n) is 14.3. The fourth-order valence-electron chi connectivity index (χ4n) is 4.59. The van der Waals surface area contributed by atoms with E-state index in [0.717, 1.165) is 4.57 Å². The minimum atomic E-state index is -0.892. The third kappa shape index (κ3) is 12.1. The van der Waals surface area contributed by atoms with Crippen molar-refractivity contribution in [2.24, 2.45) is 0 Å². The molecule has 15 heteroatoms. The maximum Gasteiger partial charge on any atom is 0.419 e. The molecule has 0 saturated carbocycles. The van der Waals surface area contributed by atoms with E-state index in [1.165, 1.54) is 34.4 Å². The fraction of sp³-hybridized carbons (Fsp3) is 0.457. The predicted molar refractivity (Wildman–Crippen MR) is 190 cm³/mol. The lowest BCUT2D eigenvalue weighted by atomic mass is 10.1. The van der Waals surface area contributed by atoms with E-state index in [0.29, 0.717) is 27.5 Å². The Kier molecular flexibility index (Phi) is 12.8. The largest absolute Gasteiger partial charge is 0.459 e. The molecule has 3 rings (SSSR count). The number of aromatic nitrogens is 1. The number of fused-ring (bicyclic) bond motifs is 1. The molecule has 50 heavy (non-hydrogen) atoms. The first kappa shape index (κ1) is 39.9. The molecule has 0 atom stereocenters. The van der Waals surface area contributed by atoms with Crippen LogP contribution in [-0.2, 0) is 28.6 Å². The molecule has 0 fully saturated rings. The first-order chi connectivity index (χ1) is 23.0. The minimum Gasteiger partial charge on any atom is -0.459 e. The van der Waals surface area contributed by atoms with E-state index in [9.17, 15) is 24.0 Å². The number of halogens is 2. The molecule has 2 amide bonds. The van der Waals surface area contributed by atoms with E-state index in [2.05, 4.69) is 5.32 Å². The molecular weight excluding hydrogens is 691 g/mol. The number of carbonyl (C=O) groups is 5. The Hall–Kier alpha value is -4.49. The van der Waals surface area contributed by atoms with Gasteiger partial charge >= 0.3 is 18.0 Å². The van der Waals surface area contributed by atoms with Crippen LogP contribution < -0.4 is 15.2 Å². The summed E-state index contributed by atoms with van der Waals surface area (Å²) < 4.78 is 17.8. The number of hydrogen-bond acceptors (Lipinski definition) is 10. The SMILES string of the molecule is CC(C)(C)OC(=O)CN(CCNC=O)C(=O)c1cn(C(=O)OC(C)(C)C)c2cc(N(CC(=O)OC(C)(C)C)Oc3cc(Cl)cc(Cl)c3)ccc12. The molecule has 0 spiro atoms. The number of hydrogen-bond donors (Lipinski definition) is 1. The zero-order valence-electron chi connectivity index (χ0n) is 29.7. The van der Waals surface area contributed by atoms with E-state index >= 15 is 0 Å². The number of nitrogens with zero attached hydrogens (tertiary/aromatic N) is 3. The summed E-state index contributed by atoms with van der Waals surface area (Å²) in [5.41, 5.74) is -1.91. The molecule has 272 valence electrons. The molecule has 0 unspecified atom stereocenters. The molecule has 1 heterocycles. The van der Waals surface area contributed by atoms with Crippen LogP contribution in [-0.4, -0.2) is 82.8 Å². The number of esters is 2. The van der Waals surface area contributed by atoms with Crippen molar-refractivity contribution in [3.05, 3.63) is 58.2 Å². The Morgan fingerprint density at radius 1 is 0.800 bits per heavy atom.